The summed E-state index contributed by atoms with van der Waals surface area (Å²) in [6, 6.07) is 11.3. The molecule has 0 saturated carbocycles. The van der Waals surface area contributed by atoms with Gasteiger partial charge >= 0.3 is 11.9 Å². The van der Waals surface area contributed by atoms with E-state index in [-0.39, 0.29) is 17.7 Å². The molecule has 0 fully saturated rings. The molecule has 192 valence electrons. The average Bonchev–Trinajstić information content (AvgIpc) is 3.17. The topological polar surface area (TPSA) is 105 Å². The lowest BCUT2D eigenvalue weighted by molar-refractivity contribution is -0.139. The predicted molar refractivity (Wildman–Crippen MR) is 138 cm³/mol. The number of allylic oxidation sites excluding steroid dienone is 1. The summed E-state index contributed by atoms with van der Waals surface area (Å²) >= 11 is 1.22. The SMILES string of the molecule is CCOC(=O)C1=C(C)N=c2s/c(=C/c3ccc(OC(C)=O)cc3)c(=O)n2[C@@H]1c1ccc(OC)c(OC)c1. The van der Waals surface area contributed by atoms with Crippen LogP contribution in [0.5, 0.6) is 17.2 Å². The second-order valence-electron chi connectivity index (χ2n) is 8.08. The van der Waals surface area contributed by atoms with E-state index in [4.69, 9.17) is 18.9 Å². The van der Waals surface area contributed by atoms with Gasteiger partial charge in [-0.15, -0.1) is 0 Å². The largest absolute Gasteiger partial charge is 0.493 e. The van der Waals surface area contributed by atoms with Crippen molar-refractivity contribution in [1.82, 2.24) is 4.57 Å². The van der Waals surface area contributed by atoms with Crippen molar-refractivity contribution in [3.05, 3.63) is 84.5 Å². The number of nitrogens with zero attached hydrogens (tertiary/aromatic N) is 2. The van der Waals surface area contributed by atoms with E-state index in [2.05, 4.69) is 4.99 Å². The fourth-order valence-electron chi connectivity index (χ4n) is 4.08. The number of ether oxygens (including phenoxy) is 4. The molecule has 4 rings (SSSR count). The Labute approximate surface area is 216 Å². The molecule has 0 N–H and O–H groups in total. The standard InChI is InChI=1S/C27H26N2O7S/c1-6-35-26(32)23-15(2)28-27-29(24(23)18-9-12-20(33-4)21(14-18)34-5)25(31)22(37-27)13-17-7-10-19(11-8-17)36-16(3)30/h7-14,24H,6H2,1-5H3/b22-13+/t24-/m1/s1. The molecule has 0 unspecified atom stereocenters. The van der Waals surface area contributed by atoms with E-state index in [1.165, 1.54) is 37.0 Å². The highest BCUT2D eigenvalue weighted by molar-refractivity contribution is 7.07. The van der Waals surface area contributed by atoms with Crippen LogP contribution in [0.2, 0.25) is 0 Å². The highest BCUT2D eigenvalue weighted by Crippen LogP contribution is 2.36. The van der Waals surface area contributed by atoms with Crippen LogP contribution in [0, 0.1) is 0 Å². The Morgan fingerprint density at radius 2 is 1.78 bits per heavy atom. The van der Waals surface area contributed by atoms with Gasteiger partial charge in [0.15, 0.2) is 16.3 Å². The zero-order valence-corrected chi connectivity index (χ0v) is 21.9. The molecule has 2 heterocycles. The van der Waals surface area contributed by atoms with Gasteiger partial charge in [0, 0.05) is 6.92 Å². The molecule has 2 aromatic carbocycles. The number of hydrogen-bond donors (Lipinski definition) is 0. The molecule has 37 heavy (non-hydrogen) atoms. The molecule has 0 radical (unpaired) electrons. The van der Waals surface area contributed by atoms with Gasteiger partial charge in [-0.3, -0.25) is 14.2 Å². The molecule has 1 aliphatic heterocycles. The van der Waals surface area contributed by atoms with Crippen molar-refractivity contribution in [2.75, 3.05) is 20.8 Å². The first-order valence-electron chi connectivity index (χ1n) is 11.5. The minimum Gasteiger partial charge on any atom is -0.493 e. The lowest BCUT2D eigenvalue weighted by Gasteiger charge is -2.25. The fourth-order valence-corrected chi connectivity index (χ4v) is 5.13. The molecule has 10 heteroatoms. The lowest BCUT2D eigenvalue weighted by atomic mass is 9.95. The smallest absolute Gasteiger partial charge is 0.338 e. The molecule has 0 bridgehead atoms. The number of benzene rings is 2. The van der Waals surface area contributed by atoms with Gasteiger partial charge in [-0.2, -0.15) is 0 Å². The number of carbonyl (C=O) groups is 2. The second kappa shape index (κ2) is 10.8. The Balaban J connectivity index is 1.89. The van der Waals surface area contributed by atoms with Crippen LogP contribution in [0.1, 0.15) is 37.9 Å². The minimum atomic E-state index is -0.774. The first-order valence-corrected chi connectivity index (χ1v) is 12.3. The number of thiazole rings is 1. The Kier molecular flexibility index (Phi) is 7.58. The molecule has 1 aromatic heterocycles. The third-order valence-corrected chi connectivity index (χ3v) is 6.66. The summed E-state index contributed by atoms with van der Waals surface area (Å²) in [5.74, 6) is 0.444. The van der Waals surface area contributed by atoms with Crippen LogP contribution in [0.4, 0.5) is 0 Å². The van der Waals surface area contributed by atoms with Crippen molar-refractivity contribution in [3.8, 4) is 17.2 Å². The van der Waals surface area contributed by atoms with Crippen molar-refractivity contribution in [1.29, 1.82) is 0 Å². The Morgan fingerprint density at radius 3 is 2.41 bits per heavy atom. The highest BCUT2D eigenvalue weighted by atomic mass is 32.1. The summed E-state index contributed by atoms with van der Waals surface area (Å²) in [5, 5.41) is 0. The van der Waals surface area contributed by atoms with Gasteiger partial charge in [-0.05, 0) is 55.3 Å². The van der Waals surface area contributed by atoms with Gasteiger partial charge in [-0.1, -0.05) is 29.5 Å². The molecule has 9 nitrogen and oxygen atoms in total. The van der Waals surface area contributed by atoms with E-state index in [1.807, 2.05) is 0 Å². The number of hydrogen-bond acceptors (Lipinski definition) is 9. The molecule has 0 aliphatic carbocycles. The first kappa shape index (κ1) is 25.9. The molecular weight excluding hydrogens is 496 g/mol. The monoisotopic (exact) mass is 522 g/mol. The maximum absolute atomic E-state index is 13.7. The fraction of sp³-hybridized carbons (Fsp3) is 0.259. The first-order chi connectivity index (χ1) is 17.8. The van der Waals surface area contributed by atoms with E-state index in [0.29, 0.717) is 37.8 Å². The molecular formula is C27H26N2O7S. The van der Waals surface area contributed by atoms with Crippen molar-refractivity contribution >= 4 is 29.4 Å². The molecule has 3 aromatic rings. The summed E-state index contributed by atoms with van der Waals surface area (Å²) in [6.45, 7) is 4.96. The average molecular weight is 523 g/mol. The summed E-state index contributed by atoms with van der Waals surface area (Å²) in [4.78, 5) is 43.0. The van der Waals surface area contributed by atoms with E-state index in [1.54, 1.807) is 62.4 Å². The minimum absolute atomic E-state index is 0.183. The quantitative estimate of drug-likeness (QED) is 0.347. The lowest BCUT2D eigenvalue weighted by Crippen LogP contribution is -2.39. The van der Waals surface area contributed by atoms with Gasteiger partial charge in [0.25, 0.3) is 5.56 Å². The summed E-state index contributed by atoms with van der Waals surface area (Å²) in [5.41, 5.74) is 1.83. The van der Waals surface area contributed by atoms with Crippen LogP contribution in [0.3, 0.4) is 0 Å². The highest BCUT2D eigenvalue weighted by Gasteiger charge is 2.33. The Morgan fingerprint density at radius 1 is 1.08 bits per heavy atom. The molecule has 0 spiro atoms. The van der Waals surface area contributed by atoms with Crippen molar-refractivity contribution < 1.29 is 28.5 Å². The van der Waals surface area contributed by atoms with Crippen LogP contribution in [-0.4, -0.2) is 37.3 Å². The normalized spacial score (nSPS) is 15.1. The summed E-state index contributed by atoms with van der Waals surface area (Å²) in [6.07, 6.45) is 1.73. The second-order valence-corrected chi connectivity index (χ2v) is 9.09. The number of rotatable bonds is 7. The van der Waals surface area contributed by atoms with Crippen LogP contribution in [0.15, 0.2) is 63.5 Å². The summed E-state index contributed by atoms with van der Waals surface area (Å²) in [7, 11) is 3.06. The van der Waals surface area contributed by atoms with Crippen molar-refractivity contribution in [2.24, 2.45) is 4.99 Å². The van der Waals surface area contributed by atoms with E-state index in [0.717, 1.165) is 5.56 Å². The van der Waals surface area contributed by atoms with E-state index < -0.39 is 18.0 Å². The van der Waals surface area contributed by atoms with Crippen LogP contribution in [0.25, 0.3) is 6.08 Å². The van der Waals surface area contributed by atoms with Crippen molar-refractivity contribution in [2.45, 2.75) is 26.8 Å². The molecule has 1 atom stereocenters. The third kappa shape index (κ3) is 5.19. The van der Waals surface area contributed by atoms with Gasteiger partial charge < -0.3 is 18.9 Å². The molecule has 1 aliphatic rings. The zero-order chi connectivity index (χ0) is 26.7. The van der Waals surface area contributed by atoms with E-state index >= 15 is 0 Å². The van der Waals surface area contributed by atoms with Crippen LogP contribution < -0.4 is 29.1 Å². The number of carbonyl (C=O) groups excluding carboxylic acids is 2. The van der Waals surface area contributed by atoms with Gasteiger partial charge in [0.2, 0.25) is 0 Å². The van der Waals surface area contributed by atoms with Gasteiger partial charge in [-0.25, -0.2) is 9.79 Å². The van der Waals surface area contributed by atoms with Gasteiger partial charge in [0.1, 0.15) is 5.75 Å². The summed E-state index contributed by atoms with van der Waals surface area (Å²) < 4.78 is 23.2. The molecule has 0 amide bonds. The van der Waals surface area contributed by atoms with Crippen LogP contribution >= 0.6 is 11.3 Å². The maximum Gasteiger partial charge on any atom is 0.338 e. The Hall–Kier alpha value is -4.18. The molecule has 0 saturated heterocycles. The van der Waals surface area contributed by atoms with Crippen LogP contribution in [-0.2, 0) is 14.3 Å². The number of esters is 2. The number of fused-ring (bicyclic) bond motifs is 1. The van der Waals surface area contributed by atoms with Crippen molar-refractivity contribution in [3.63, 3.8) is 0 Å². The zero-order valence-electron chi connectivity index (χ0n) is 21.1. The maximum atomic E-state index is 13.7. The number of methoxy groups -OCH3 is 2. The van der Waals surface area contributed by atoms with Gasteiger partial charge in [0.05, 0.1) is 42.7 Å². The third-order valence-electron chi connectivity index (χ3n) is 5.68. The number of aromatic nitrogens is 1. The van der Waals surface area contributed by atoms with E-state index in [9.17, 15) is 14.4 Å². The Bertz CT molecular complexity index is 1570. The predicted octanol–water partition coefficient (Wildman–Crippen LogP) is 2.74.